The first-order valence-electron chi connectivity index (χ1n) is 3.25. The normalized spacial score (nSPS) is 9.42. The van der Waals surface area contributed by atoms with Gasteiger partial charge in [-0.05, 0) is 12.1 Å². The van der Waals surface area contributed by atoms with Crippen molar-refractivity contribution in [2.45, 2.75) is 0 Å². The summed E-state index contributed by atoms with van der Waals surface area (Å²) in [5, 5.41) is 0. The average molecular weight is 167 g/mol. The molecule has 1 aromatic heterocycles. The number of pyridine rings is 1. The first kappa shape index (κ1) is 8.32. The summed E-state index contributed by atoms with van der Waals surface area (Å²) in [4.78, 5) is 14.4. The van der Waals surface area contributed by atoms with Gasteiger partial charge in [0.15, 0.2) is 0 Å². The Bertz CT molecular complexity index is 312. The van der Waals surface area contributed by atoms with Gasteiger partial charge in [-0.25, -0.2) is 4.98 Å². The first-order chi connectivity index (χ1) is 5.65. The van der Waals surface area contributed by atoms with E-state index in [1.807, 2.05) is 0 Å². The number of nitrogens with zero attached hydrogens (tertiary/aromatic N) is 1. The van der Waals surface area contributed by atoms with E-state index in [1.165, 1.54) is 19.2 Å². The molecule has 1 aromatic rings. The van der Waals surface area contributed by atoms with Gasteiger partial charge in [-0.3, -0.25) is 4.79 Å². The maximum Gasteiger partial charge on any atom is 0.267 e. The number of nitrogen functional groups attached to an aromatic ring is 1. The third-order valence-electron chi connectivity index (χ3n) is 1.34. The van der Waals surface area contributed by atoms with Gasteiger partial charge in [0.25, 0.3) is 5.91 Å². The van der Waals surface area contributed by atoms with Crippen molar-refractivity contribution in [1.82, 2.24) is 4.98 Å². The number of anilines is 1. The minimum Gasteiger partial charge on any atom is -0.480 e. The zero-order chi connectivity index (χ0) is 9.14. The second kappa shape index (κ2) is 3.08. The van der Waals surface area contributed by atoms with Crippen LogP contribution in [-0.2, 0) is 0 Å². The van der Waals surface area contributed by atoms with Gasteiger partial charge in [-0.2, -0.15) is 0 Å². The zero-order valence-electron chi connectivity index (χ0n) is 6.57. The SMILES string of the molecule is COc1nc(C(N)=O)ccc1N. The molecule has 1 amide bonds. The predicted molar refractivity (Wildman–Crippen MR) is 43.7 cm³/mol. The number of amides is 1. The van der Waals surface area contributed by atoms with Crippen molar-refractivity contribution in [3.8, 4) is 5.88 Å². The molecule has 64 valence electrons. The van der Waals surface area contributed by atoms with Gasteiger partial charge >= 0.3 is 0 Å². The van der Waals surface area contributed by atoms with Crippen LogP contribution in [0, 0.1) is 0 Å². The summed E-state index contributed by atoms with van der Waals surface area (Å²) in [5.41, 5.74) is 11.0. The third kappa shape index (κ3) is 1.45. The lowest BCUT2D eigenvalue weighted by Gasteiger charge is -2.03. The van der Waals surface area contributed by atoms with E-state index in [4.69, 9.17) is 16.2 Å². The highest BCUT2D eigenvalue weighted by Gasteiger charge is 2.06. The second-order valence-corrected chi connectivity index (χ2v) is 2.16. The summed E-state index contributed by atoms with van der Waals surface area (Å²) >= 11 is 0. The first-order valence-corrected chi connectivity index (χ1v) is 3.25. The molecule has 5 heteroatoms. The fourth-order valence-electron chi connectivity index (χ4n) is 0.752. The number of hydrogen-bond donors (Lipinski definition) is 2. The average Bonchev–Trinajstić information content (AvgIpc) is 2.05. The van der Waals surface area contributed by atoms with Gasteiger partial charge in [0.05, 0.1) is 12.8 Å². The molecule has 12 heavy (non-hydrogen) atoms. The quantitative estimate of drug-likeness (QED) is 0.636. The largest absolute Gasteiger partial charge is 0.480 e. The molecular weight excluding hydrogens is 158 g/mol. The molecule has 0 spiro atoms. The smallest absolute Gasteiger partial charge is 0.267 e. The monoisotopic (exact) mass is 167 g/mol. The van der Waals surface area contributed by atoms with Crippen LogP contribution in [0.15, 0.2) is 12.1 Å². The number of aromatic nitrogens is 1. The molecule has 0 unspecified atom stereocenters. The number of hydrogen-bond acceptors (Lipinski definition) is 4. The zero-order valence-corrected chi connectivity index (χ0v) is 6.57. The van der Waals surface area contributed by atoms with Gasteiger partial charge in [0.1, 0.15) is 5.69 Å². The third-order valence-corrected chi connectivity index (χ3v) is 1.34. The topological polar surface area (TPSA) is 91.2 Å². The highest BCUT2D eigenvalue weighted by molar-refractivity contribution is 5.91. The summed E-state index contributed by atoms with van der Waals surface area (Å²) in [6.45, 7) is 0. The second-order valence-electron chi connectivity index (χ2n) is 2.16. The minimum absolute atomic E-state index is 0.140. The van der Waals surface area contributed by atoms with Crippen LogP contribution in [0.5, 0.6) is 5.88 Å². The van der Waals surface area contributed by atoms with E-state index in [0.717, 1.165) is 0 Å². The molecule has 0 saturated carbocycles. The number of carbonyl (C=O) groups excluding carboxylic acids is 1. The Morgan fingerprint density at radius 1 is 1.58 bits per heavy atom. The number of carbonyl (C=O) groups is 1. The summed E-state index contributed by atoms with van der Waals surface area (Å²) in [5.74, 6) is -0.389. The van der Waals surface area contributed by atoms with E-state index in [9.17, 15) is 4.79 Å². The van der Waals surface area contributed by atoms with Crippen LogP contribution >= 0.6 is 0 Å². The molecule has 1 rings (SSSR count). The number of nitrogens with two attached hydrogens (primary N) is 2. The van der Waals surface area contributed by atoms with Crippen LogP contribution in [0.25, 0.3) is 0 Å². The summed E-state index contributed by atoms with van der Waals surface area (Å²) in [7, 11) is 1.42. The van der Waals surface area contributed by atoms with Crippen LogP contribution in [0.1, 0.15) is 10.5 Å². The molecule has 0 radical (unpaired) electrons. The fraction of sp³-hybridized carbons (Fsp3) is 0.143. The van der Waals surface area contributed by atoms with Crippen molar-refractivity contribution in [3.63, 3.8) is 0 Å². The highest BCUT2D eigenvalue weighted by Crippen LogP contribution is 2.16. The van der Waals surface area contributed by atoms with Crippen LogP contribution < -0.4 is 16.2 Å². The molecule has 5 nitrogen and oxygen atoms in total. The van der Waals surface area contributed by atoms with Crippen molar-refractivity contribution in [2.75, 3.05) is 12.8 Å². The molecule has 1 heterocycles. The van der Waals surface area contributed by atoms with Gasteiger partial charge in [0, 0.05) is 0 Å². The van der Waals surface area contributed by atoms with Gasteiger partial charge in [0.2, 0.25) is 5.88 Å². The lowest BCUT2D eigenvalue weighted by molar-refractivity contribution is 0.0995. The van der Waals surface area contributed by atoms with Crippen molar-refractivity contribution in [3.05, 3.63) is 17.8 Å². The molecule has 4 N–H and O–H groups in total. The predicted octanol–water partition coefficient (Wildman–Crippen LogP) is -0.229. The Morgan fingerprint density at radius 2 is 2.25 bits per heavy atom. The van der Waals surface area contributed by atoms with Crippen molar-refractivity contribution < 1.29 is 9.53 Å². The summed E-state index contributed by atoms with van der Waals surface area (Å²) < 4.78 is 4.79. The van der Waals surface area contributed by atoms with E-state index >= 15 is 0 Å². The summed E-state index contributed by atoms with van der Waals surface area (Å²) in [6.07, 6.45) is 0. The Hall–Kier alpha value is -1.78. The van der Waals surface area contributed by atoms with Crippen molar-refractivity contribution in [1.29, 1.82) is 0 Å². The van der Waals surface area contributed by atoms with E-state index in [1.54, 1.807) is 0 Å². The van der Waals surface area contributed by atoms with Crippen LogP contribution in [0.4, 0.5) is 5.69 Å². The molecule has 0 atom stereocenters. The Labute approximate surface area is 69.3 Å². The summed E-state index contributed by atoms with van der Waals surface area (Å²) in [6, 6.07) is 2.96. The lowest BCUT2D eigenvalue weighted by Crippen LogP contribution is -2.13. The number of methoxy groups -OCH3 is 1. The van der Waals surface area contributed by atoms with Gasteiger partial charge in [-0.15, -0.1) is 0 Å². The van der Waals surface area contributed by atoms with Crippen molar-refractivity contribution >= 4 is 11.6 Å². The number of rotatable bonds is 2. The van der Waals surface area contributed by atoms with E-state index < -0.39 is 5.91 Å². The molecule has 0 fully saturated rings. The van der Waals surface area contributed by atoms with Crippen LogP contribution in [-0.4, -0.2) is 18.0 Å². The Kier molecular flexibility index (Phi) is 2.14. The maximum atomic E-state index is 10.6. The molecule has 0 aliphatic rings. The minimum atomic E-state index is -0.603. The van der Waals surface area contributed by atoms with E-state index in [-0.39, 0.29) is 11.6 Å². The molecule has 0 aliphatic heterocycles. The molecule has 0 aromatic carbocycles. The highest BCUT2D eigenvalue weighted by atomic mass is 16.5. The van der Waals surface area contributed by atoms with Crippen LogP contribution in [0.3, 0.4) is 0 Å². The molecule has 0 aliphatic carbocycles. The molecule has 0 saturated heterocycles. The van der Waals surface area contributed by atoms with Crippen LogP contribution in [0.2, 0.25) is 0 Å². The molecular formula is C7H9N3O2. The van der Waals surface area contributed by atoms with Crippen molar-refractivity contribution in [2.24, 2.45) is 5.73 Å². The number of ether oxygens (including phenoxy) is 1. The van der Waals surface area contributed by atoms with Gasteiger partial charge in [-0.1, -0.05) is 0 Å². The maximum absolute atomic E-state index is 10.6. The Balaban J connectivity index is 3.13. The standard InChI is InChI=1S/C7H9N3O2/c1-12-7-4(8)2-3-5(10-7)6(9)11/h2-3H,8H2,1H3,(H2,9,11). The molecule has 0 bridgehead atoms. The number of primary amides is 1. The van der Waals surface area contributed by atoms with E-state index in [0.29, 0.717) is 5.69 Å². The van der Waals surface area contributed by atoms with E-state index in [2.05, 4.69) is 4.98 Å². The van der Waals surface area contributed by atoms with Gasteiger partial charge < -0.3 is 16.2 Å². The lowest BCUT2D eigenvalue weighted by atomic mass is 10.3. The Morgan fingerprint density at radius 3 is 2.75 bits per heavy atom. The fourth-order valence-corrected chi connectivity index (χ4v) is 0.752.